The highest BCUT2D eigenvalue weighted by Gasteiger charge is 2.37. The lowest BCUT2D eigenvalue weighted by atomic mass is 9.89. The standard InChI is InChI=1S/C16H17NO4/c18-15(19)13-6-7-14(21-13)16(20)8-10-17(11-9-16)12-4-2-1-3-5-12/h1-7,20H,8-11H2,(H,18,19). The largest absolute Gasteiger partial charge is 0.475 e. The number of aliphatic hydroxyl groups is 1. The van der Waals surface area contributed by atoms with E-state index in [1.54, 1.807) is 6.07 Å². The molecule has 1 saturated heterocycles. The van der Waals surface area contributed by atoms with Crippen molar-refractivity contribution in [1.29, 1.82) is 0 Å². The van der Waals surface area contributed by atoms with E-state index in [2.05, 4.69) is 4.90 Å². The molecule has 0 spiro atoms. The molecule has 1 aliphatic heterocycles. The fraction of sp³-hybridized carbons (Fsp3) is 0.312. The molecular formula is C16H17NO4. The van der Waals surface area contributed by atoms with Gasteiger partial charge in [-0.05, 0) is 24.3 Å². The van der Waals surface area contributed by atoms with E-state index >= 15 is 0 Å². The quantitative estimate of drug-likeness (QED) is 0.907. The molecule has 0 bridgehead atoms. The van der Waals surface area contributed by atoms with Gasteiger partial charge in [0.2, 0.25) is 5.76 Å². The first-order chi connectivity index (χ1) is 10.1. The molecule has 5 nitrogen and oxygen atoms in total. The zero-order chi connectivity index (χ0) is 14.9. The predicted octanol–water partition coefficient (Wildman–Crippen LogP) is 2.47. The minimum atomic E-state index is -1.12. The van der Waals surface area contributed by atoms with Gasteiger partial charge in [0.05, 0.1) is 0 Å². The summed E-state index contributed by atoms with van der Waals surface area (Å²) in [5.74, 6) is -0.914. The summed E-state index contributed by atoms with van der Waals surface area (Å²) in [6, 6.07) is 13.0. The molecule has 2 aromatic rings. The van der Waals surface area contributed by atoms with E-state index in [0.717, 1.165) is 5.69 Å². The molecule has 2 heterocycles. The molecule has 0 saturated carbocycles. The normalized spacial score (nSPS) is 17.7. The molecule has 0 amide bonds. The number of carboxylic acid groups (broad SMARTS) is 1. The van der Waals surface area contributed by atoms with Crippen LogP contribution in [0.4, 0.5) is 5.69 Å². The Morgan fingerprint density at radius 1 is 1.10 bits per heavy atom. The Labute approximate surface area is 122 Å². The number of furan rings is 1. The summed E-state index contributed by atoms with van der Waals surface area (Å²) in [5.41, 5.74) is 0.0455. The first-order valence-electron chi connectivity index (χ1n) is 6.94. The number of piperidine rings is 1. The second-order valence-corrected chi connectivity index (χ2v) is 5.32. The van der Waals surface area contributed by atoms with E-state index in [4.69, 9.17) is 9.52 Å². The number of nitrogens with zero attached hydrogens (tertiary/aromatic N) is 1. The second kappa shape index (κ2) is 5.26. The molecule has 1 aromatic heterocycles. The van der Waals surface area contributed by atoms with Gasteiger partial charge in [-0.15, -0.1) is 0 Å². The van der Waals surface area contributed by atoms with Crippen LogP contribution < -0.4 is 4.90 Å². The highest BCUT2D eigenvalue weighted by molar-refractivity contribution is 5.84. The molecule has 0 aliphatic carbocycles. The van der Waals surface area contributed by atoms with E-state index in [1.165, 1.54) is 6.07 Å². The number of carbonyl (C=O) groups is 1. The molecule has 5 heteroatoms. The Bertz CT molecular complexity index is 627. The van der Waals surface area contributed by atoms with Crippen molar-refractivity contribution in [2.75, 3.05) is 18.0 Å². The van der Waals surface area contributed by atoms with Crippen molar-refractivity contribution in [3.8, 4) is 0 Å². The maximum atomic E-state index is 10.9. The summed E-state index contributed by atoms with van der Waals surface area (Å²) in [6.45, 7) is 1.40. The lowest BCUT2D eigenvalue weighted by molar-refractivity contribution is -0.00940. The van der Waals surface area contributed by atoms with Crippen molar-refractivity contribution < 1.29 is 19.4 Å². The molecule has 21 heavy (non-hydrogen) atoms. The molecule has 0 unspecified atom stereocenters. The van der Waals surface area contributed by atoms with Gasteiger partial charge in [-0.1, -0.05) is 18.2 Å². The number of carboxylic acids is 1. The third-order valence-electron chi connectivity index (χ3n) is 3.99. The fourth-order valence-corrected chi connectivity index (χ4v) is 2.72. The SMILES string of the molecule is O=C(O)c1ccc(C2(O)CCN(c3ccccc3)CC2)o1. The van der Waals surface area contributed by atoms with E-state index in [-0.39, 0.29) is 5.76 Å². The Morgan fingerprint density at radius 2 is 1.76 bits per heavy atom. The average Bonchev–Trinajstić information content (AvgIpc) is 3.00. The third kappa shape index (κ3) is 2.64. The highest BCUT2D eigenvalue weighted by atomic mass is 16.4. The van der Waals surface area contributed by atoms with Crippen LogP contribution in [0.3, 0.4) is 0 Å². The number of anilines is 1. The van der Waals surface area contributed by atoms with Gasteiger partial charge in [-0.2, -0.15) is 0 Å². The number of hydrogen-bond donors (Lipinski definition) is 2. The molecule has 0 radical (unpaired) electrons. The Kier molecular flexibility index (Phi) is 3.43. The van der Waals surface area contributed by atoms with Gasteiger partial charge >= 0.3 is 5.97 Å². The first kappa shape index (κ1) is 13.7. The summed E-state index contributed by atoms with van der Waals surface area (Å²) in [5, 5.41) is 19.6. The molecular weight excluding hydrogens is 270 g/mol. The fourth-order valence-electron chi connectivity index (χ4n) is 2.72. The van der Waals surface area contributed by atoms with Crippen LogP contribution in [0, 0.1) is 0 Å². The van der Waals surface area contributed by atoms with Crippen LogP contribution in [0.15, 0.2) is 46.9 Å². The monoisotopic (exact) mass is 287 g/mol. The van der Waals surface area contributed by atoms with Crippen molar-refractivity contribution in [2.45, 2.75) is 18.4 Å². The van der Waals surface area contributed by atoms with E-state index in [9.17, 15) is 9.90 Å². The van der Waals surface area contributed by atoms with Crippen LogP contribution in [0.25, 0.3) is 0 Å². The van der Waals surface area contributed by atoms with Gasteiger partial charge in [0.1, 0.15) is 11.4 Å². The minimum absolute atomic E-state index is 0.135. The molecule has 1 aliphatic rings. The predicted molar refractivity (Wildman–Crippen MR) is 77.5 cm³/mol. The van der Waals surface area contributed by atoms with Crippen molar-refractivity contribution >= 4 is 11.7 Å². The second-order valence-electron chi connectivity index (χ2n) is 5.32. The summed E-state index contributed by atoms with van der Waals surface area (Å²) >= 11 is 0. The van der Waals surface area contributed by atoms with Crippen LogP contribution in [0.1, 0.15) is 29.2 Å². The van der Waals surface area contributed by atoms with Gasteiger partial charge < -0.3 is 19.5 Å². The lowest BCUT2D eigenvalue weighted by Gasteiger charge is -2.38. The van der Waals surface area contributed by atoms with E-state index in [1.807, 2.05) is 30.3 Å². The van der Waals surface area contributed by atoms with Gasteiger partial charge in [-0.3, -0.25) is 0 Å². The van der Waals surface area contributed by atoms with Crippen molar-refractivity contribution in [2.24, 2.45) is 0 Å². The summed E-state index contributed by atoms with van der Waals surface area (Å²) in [7, 11) is 0. The Hall–Kier alpha value is -2.27. The van der Waals surface area contributed by atoms with Crippen LogP contribution in [-0.4, -0.2) is 29.3 Å². The summed E-state index contributed by atoms with van der Waals surface area (Å²) in [6.07, 6.45) is 1.02. The van der Waals surface area contributed by atoms with Crippen LogP contribution >= 0.6 is 0 Å². The van der Waals surface area contributed by atoms with Crippen LogP contribution in [0.5, 0.6) is 0 Å². The molecule has 110 valence electrons. The minimum Gasteiger partial charge on any atom is -0.475 e. The van der Waals surface area contributed by atoms with Crippen LogP contribution in [0.2, 0.25) is 0 Å². The summed E-state index contributed by atoms with van der Waals surface area (Å²) < 4.78 is 5.26. The zero-order valence-electron chi connectivity index (χ0n) is 11.5. The lowest BCUT2D eigenvalue weighted by Crippen LogP contribution is -2.42. The number of rotatable bonds is 3. The van der Waals surface area contributed by atoms with Gasteiger partial charge in [0.15, 0.2) is 0 Å². The first-order valence-corrected chi connectivity index (χ1v) is 6.94. The molecule has 3 rings (SSSR count). The van der Waals surface area contributed by atoms with Crippen LogP contribution in [-0.2, 0) is 5.60 Å². The molecule has 0 atom stereocenters. The van der Waals surface area contributed by atoms with Crippen molar-refractivity contribution in [3.05, 3.63) is 54.0 Å². The molecule has 2 N–H and O–H groups in total. The summed E-state index contributed by atoms with van der Waals surface area (Å²) in [4.78, 5) is 13.1. The van der Waals surface area contributed by atoms with Gasteiger partial charge in [0, 0.05) is 31.6 Å². The molecule has 1 fully saturated rings. The Balaban J connectivity index is 1.73. The van der Waals surface area contributed by atoms with Crippen molar-refractivity contribution in [3.63, 3.8) is 0 Å². The van der Waals surface area contributed by atoms with Gasteiger partial charge in [0.25, 0.3) is 0 Å². The maximum absolute atomic E-state index is 10.9. The zero-order valence-corrected chi connectivity index (χ0v) is 11.5. The van der Waals surface area contributed by atoms with E-state index < -0.39 is 11.6 Å². The number of aromatic carboxylic acids is 1. The smallest absolute Gasteiger partial charge is 0.371 e. The number of para-hydroxylation sites is 1. The molecule has 1 aromatic carbocycles. The van der Waals surface area contributed by atoms with E-state index in [0.29, 0.717) is 31.7 Å². The van der Waals surface area contributed by atoms with Gasteiger partial charge in [-0.25, -0.2) is 4.79 Å². The number of benzene rings is 1. The topological polar surface area (TPSA) is 73.9 Å². The van der Waals surface area contributed by atoms with Crippen molar-refractivity contribution in [1.82, 2.24) is 0 Å². The number of hydrogen-bond acceptors (Lipinski definition) is 4. The highest BCUT2D eigenvalue weighted by Crippen LogP contribution is 2.35. The average molecular weight is 287 g/mol. The maximum Gasteiger partial charge on any atom is 0.371 e. The third-order valence-corrected chi connectivity index (χ3v) is 3.99. The Morgan fingerprint density at radius 3 is 2.33 bits per heavy atom.